The van der Waals surface area contributed by atoms with Crippen LogP contribution in [-0.4, -0.2) is 36.6 Å². The minimum Gasteiger partial charge on any atom is -0.490 e. The Morgan fingerprint density at radius 3 is 2.57 bits per heavy atom. The van der Waals surface area contributed by atoms with Gasteiger partial charge in [-0.2, -0.15) is 0 Å². The van der Waals surface area contributed by atoms with Crippen molar-refractivity contribution in [3.63, 3.8) is 0 Å². The van der Waals surface area contributed by atoms with Gasteiger partial charge >= 0.3 is 5.69 Å². The second kappa shape index (κ2) is 7.38. The molecule has 0 saturated carbocycles. The summed E-state index contributed by atoms with van der Waals surface area (Å²) in [6, 6.07) is 5.09. The smallest absolute Gasteiger partial charge is 0.311 e. The highest BCUT2D eigenvalue weighted by molar-refractivity contribution is 5.48. The van der Waals surface area contributed by atoms with Crippen LogP contribution in [0.5, 0.6) is 5.75 Å². The fourth-order valence-electron chi connectivity index (χ4n) is 2.18. The molecule has 0 unspecified atom stereocenters. The van der Waals surface area contributed by atoms with E-state index in [0.29, 0.717) is 13.1 Å². The Bertz CT molecular complexity index is 489. The molecule has 0 amide bonds. The van der Waals surface area contributed by atoms with Gasteiger partial charge in [-0.3, -0.25) is 15.0 Å². The van der Waals surface area contributed by atoms with Gasteiger partial charge in [-0.25, -0.2) is 0 Å². The van der Waals surface area contributed by atoms with E-state index in [1.54, 1.807) is 12.1 Å². The summed E-state index contributed by atoms with van der Waals surface area (Å²) in [5, 5.41) is 11.1. The summed E-state index contributed by atoms with van der Waals surface area (Å²) < 4.78 is 5.02. The van der Waals surface area contributed by atoms with Crippen LogP contribution in [0.3, 0.4) is 0 Å². The van der Waals surface area contributed by atoms with Crippen LogP contribution in [0, 0.1) is 15.5 Å². The highest BCUT2D eigenvalue weighted by Crippen LogP contribution is 2.28. The first-order valence-corrected chi connectivity index (χ1v) is 7.06. The lowest BCUT2D eigenvalue weighted by molar-refractivity contribution is -0.385. The van der Waals surface area contributed by atoms with Gasteiger partial charge in [0.15, 0.2) is 5.75 Å². The van der Waals surface area contributed by atoms with E-state index in [0.717, 1.165) is 18.7 Å². The normalized spacial score (nSPS) is 11.7. The molecule has 0 radical (unpaired) electrons. The number of methoxy groups -OCH3 is 1. The van der Waals surface area contributed by atoms with Crippen molar-refractivity contribution >= 4 is 5.69 Å². The lowest BCUT2D eigenvalue weighted by Crippen LogP contribution is -2.38. The van der Waals surface area contributed by atoms with Crippen LogP contribution in [0.2, 0.25) is 0 Å². The highest BCUT2D eigenvalue weighted by Gasteiger charge is 2.21. The summed E-state index contributed by atoms with van der Waals surface area (Å²) >= 11 is 0. The third-order valence-corrected chi connectivity index (χ3v) is 3.50. The van der Waals surface area contributed by atoms with E-state index >= 15 is 0 Å². The van der Waals surface area contributed by atoms with Crippen molar-refractivity contribution in [3.8, 4) is 5.75 Å². The first-order chi connectivity index (χ1) is 9.82. The third kappa shape index (κ3) is 4.99. The Morgan fingerprint density at radius 2 is 2.10 bits per heavy atom. The first-order valence-electron chi connectivity index (χ1n) is 7.06. The SMILES string of the molecule is CCN(Cc1ccc(OC)c([N+](=O)[O-])c1)CC(C)(C)CN. The number of hydrogen-bond acceptors (Lipinski definition) is 5. The maximum absolute atomic E-state index is 11.1. The Balaban J connectivity index is 2.90. The molecular weight excluding hydrogens is 270 g/mol. The maximum atomic E-state index is 11.1. The van der Waals surface area contributed by atoms with E-state index in [2.05, 4.69) is 25.7 Å². The van der Waals surface area contributed by atoms with Crippen LogP contribution in [0.15, 0.2) is 18.2 Å². The molecule has 0 aromatic heterocycles. The number of nitrogens with zero attached hydrogens (tertiary/aromatic N) is 2. The van der Waals surface area contributed by atoms with Gasteiger partial charge in [0.25, 0.3) is 0 Å². The zero-order chi connectivity index (χ0) is 16.0. The zero-order valence-corrected chi connectivity index (χ0v) is 13.3. The molecule has 1 aromatic carbocycles. The summed E-state index contributed by atoms with van der Waals surface area (Å²) in [4.78, 5) is 12.9. The van der Waals surface area contributed by atoms with Crippen LogP contribution in [0.25, 0.3) is 0 Å². The average Bonchev–Trinajstić information content (AvgIpc) is 2.46. The summed E-state index contributed by atoms with van der Waals surface area (Å²) in [5.74, 6) is 0.286. The zero-order valence-electron chi connectivity index (χ0n) is 13.3. The van der Waals surface area contributed by atoms with Crippen LogP contribution >= 0.6 is 0 Å². The van der Waals surface area contributed by atoms with Crippen LogP contribution < -0.4 is 10.5 Å². The molecule has 2 N–H and O–H groups in total. The largest absolute Gasteiger partial charge is 0.490 e. The van der Waals surface area contributed by atoms with Crippen LogP contribution in [-0.2, 0) is 6.54 Å². The molecule has 1 rings (SSSR count). The van der Waals surface area contributed by atoms with Crippen molar-refractivity contribution in [1.29, 1.82) is 0 Å². The monoisotopic (exact) mass is 295 g/mol. The molecule has 6 nitrogen and oxygen atoms in total. The highest BCUT2D eigenvalue weighted by atomic mass is 16.6. The van der Waals surface area contributed by atoms with Crippen LogP contribution in [0.1, 0.15) is 26.3 Å². The van der Waals surface area contributed by atoms with Gasteiger partial charge in [-0.05, 0) is 30.1 Å². The van der Waals surface area contributed by atoms with Gasteiger partial charge in [0, 0.05) is 19.2 Å². The van der Waals surface area contributed by atoms with E-state index in [9.17, 15) is 10.1 Å². The summed E-state index contributed by atoms with van der Waals surface area (Å²) in [6.07, 6.45) is 0. The van der Waals surface area contributed by atoms with Crippen molar-refractivity contribution < 1.29 is 9.66 Å². The Labute approximate surface area is 126 Å². The number of nitro benzene ring substituents is 1. The van der Waals surface area contributed by atoms with Crippen molar-refractivity contribution in [2.45, 2.75) is 27.3 Å². The van der Waals surface area contributed by atoms with Crippen molar-refractivity contribution in [2.24, 2.45) is 11.1 Å². The minimum atomic E-state index is -0.414. The first kappa shape index (κ1) is 17.4. The topological polar surface area (TPSA) is 81.6 Å². The van der Waals surface area contributed by atoms with E-state index in [1.807, 2.05) is 6.07 Å². The number of nitro groups is 1. The molecule has 0 atom stereocenters. The minimum absolute atomic E-state index is 0.00383. The average molecular weight is 295 g/mol. The molecule has 21 heavy (non-hydrogen) atoms. The molecule has 0 saturated heterocycles. The Morgan fingerprint density at radius 1 is 1.43 bits per heavy atom. The maximum Gasteiger partial charge on any atom is 0.311 e. The van der Waals surface area contributed by atoms with Gasteiger partial charge < -0.3 is 10.5 Å². The standard InChI is InChI=1S/C15H25N3O3/c1-5-17(11-15(2,3)10-16)9-12-6-7-14(21-4)13(8-12)18(19)20/h6-8H,5,9-11,16H2,1-4H3. The Hall–Kier alpha value is -1.66. The van der Waals surface area contributed by atoms with E-state index < -0.39 is 4.92 Å². The van der Waals surface area contributed by atoms with Crippen molar-refractivity contribution in [3.05, 3.63) is 33.9 Å². The predicted molar refractivity (Wildman–Crippen MR) is 83.4 cm³/mol. The molecule has 118 valence electrons. The van der Waals surface area contributed by atoms with E-state index in [1.165, 1.54) is 7.11 Å². The van der Waals surface area contributed by atoms with Crippen molar-refractivity contribution in [1.82, 2.24) is 4.90 Å². The van der Waals surface area contributed by atoms with E-state index in [-0.39, 0.29) is 16.9 Å². The summed E-state index contributed by atoms with van der Waals surface area (Å²) in [5.41, 5.74) is 6.70. The quantitative estimate of drug-likeness (QED) is 0.588. The molecule has 0 fully saturated rings. The molecule has 0 aliphatic rings. The number of benzene rings is 1. The Kier molecular flexibility index (Phi) is 6.11. The summed E-state index contributed by atoms with van der Waals surface area (Å²) in [7, 11) is 1.43. The molecule has 6 heteroatoms. The molecule has 0 spiro atoms. The summed E-state index contributed by atoms with van der Waals surface area (Å²) in [6.45, 7) is 9.28. The molecule has 1 aromatic rings. The van der Waals surface area contributed by atoms with Crippen molar-refractivity contribution in [2.75, 3.05) is 26.7 Å². The lowest BCUT2D eigenvalue weighted by Gasteiger charge is -2.31. The lowest BCUT2D eigenvalue weighted by atomic mass is 9.93. The van der Waals surface area contributed by atoms with Gasteiger partial charge in [0.05, 0.1) is 12.0 Å². The fraction of sp³-hybridized carbons (Fsp3) is 0.600. The predicted octanol–water partition coefficient (Wildman–Crippen LogP) is 2.41. The number of rotatable bonds is 8. The second-order valence-corrected chi connectivity index (χ2v) is 5.93. The van der Waals surface area contributed by atoms with E-state index in [4.69, 9.17) is 10.5 Å². The second-order valence-electron chi connectivity index (χ2n) is 5.93. The van der Waals surface area contributed by atoms with Gasteiger partial charge in [-0.15, -0.1) is 0 Å². The molecule has 0 bridgehead atoms. The molecule has 0 heterocycles. The number of hydrogen-bond donors (Lipinski definition) is 1. The molecular formula is C15H25N3O3. The number of nitrogens with two attached hydrogens (primary N) is 1. The third-order valence-electron chi connectivity index (χ3n) is 3.50. The van der Waals surface area contributed by atoms with Crippen LogP contribution in [0.4, 0.5) is 5.69 Å². The molecule has 0 aliphatic heterocycles. The van der Waals surface area contributed by atoms with Gasteiger partial charge in [0.1, 0.15) is 0 Å². The molecule has 0 aliphatic carbocycles. The van der Waals surface area contributed by atoms with Gasteiger partial charge in [-0.1, -0.05) is 26.8 Å². The van der Waals surface area contributed by atoms with Gasteiger partial charge in [0.2, 0.25) is 0 Å². The number of ether oxygens (including phenoxy) is 1. The fourth-order valence-corrected chi connectivity index (χ4v) is 2.18.